The summed E-state index contributed by atoms with van der Waals surface area (Å²) in [6.45, 7) is 6.57. The maximum atomic E-state index is 13.9. The summed E-state index contributed by atoms with van der Waals surface area (Å²) in [5.41, 5.74) is 0.629. The molecule has 0 radical (unpaired) electrons. The fourth-order valence-electron chi connectivity index (χ4n) is 2.79. The van der Waals surface area contributed by atoms with Crippen LogP contribution in [0.5, 0.6) is 0 Å². The number of hydrogen-bond donors (Lipinski definition) is 1. The molecule has 0 saturated carbocycles. The van der Waals surface area contributed by atoms with E-state index in [1.54, 1.807) is 18.2 Å². The summed E-state index contributed by atoms with van der Waals surface area (Å²) in [7, 11) is 0. The maximum Gasteiger partial charge on any atom is 0.127 e. The van der Waals surface area contributed by atoms with E-state index in [0.29, 0.717) is 31.8 Å². The molecular formula is C18H26FNO3. The molecule has 0 unspecified atom stereocenters. The third-order valence-electron chi connectivity index (χ3n) is 3.85. The molecule has 0 aromatic heterocycles. The molecule has 0 spiro atoms. The van der Waals surface area contributed by atoms with Crippen molar-refractivity contribution in [2.75, 3.05) is 32.9 Å². The quantitative estimate of drug-likeness (QED) is 0.530. The normalized spacial score (nSPS) is 19.2. The molecule has 1 aromatic carbocycles. The number of aliphatic hydroxyl groups is 1. The second-order valence-corrected chi connectivity index (χ2v) is 5.90. The molecule has 1 saturated heterocycles. The molecule has 128 valence electrons. The van der Waals surface area contributed by atoms with Crippen molar-refractivity contribution in [1.29, 1.82) is 0 Å². The third kappa shape index (κ3) is 6.39. The van der Waals surface area contributed by atoms with E-state index in [9.17, 15) is 9.50 Å². The number of nitrogens with zero attached hydrogens (tertiary/aromatic N) is 1. The van der Waals surface area contributed by atoms with Crippen LogP contribution in [0.15, 0.2) is 36.9 Å². The Kier molecular flexibility index (Phi) is 7.68. The van der Waals surface area contributed by atoms with Gasteiger partial charge in [0.2, 0.25) is 0 Å². The summed E-state index contributed by atoms with van der Waals surface area (Å²) >= 11 is 0. The van der Waals surface area contributed by atoms with E-state index < -0.39 is 6.10 Å². The van der Waals surface area contributed by atoms with Gasteiger partial charge >= 0.3 is 0 Å². The molecular weight excluding hydrogens is 297 g/mol. The molecule has 0 amide bonds. The van der Waals surface area contributed by atoms with Crippen molar-refractivity contribution in [2.24, 2.45) is 0 Å². The first kappa shape index (κ1) is 18.1. The van der Waals surface area contributed by atoms with E-state index in [0.717, 1.165) is 19.4 Å². The molecule has 0 aliphatic carbocycles. The highest BCUT2D eigenvalue weighted by Crippen LogP contribution is 2.16. The Hall–Kier alpha value is -1.27. The molecule has 0 bridgehead atoms. The van der Waals surface area contributed by atoms with Gasteiger partial charge in [0.15, 0.2) is 0 Å². The standard InChI is InChI=1S/C18H26FNO3/c1-2-9-22-14-16(21)12-20(13-17-7-5-10-23-17)11-15-6-3-4-8-18(15)19/h2-4,6,8,16-17,21H,1,5,7,9-14H2/t16-,17+/m1/s1. The fraction of sp³-hybridized carbons (Fsp3) is 0.556. The Morgan fingerprint density at radius 3 is 3.00 bits per heavy atom. The Labute approximate surface area is 137 Å². The summed E-state index contributed by atoms with van der Waals surface area (Å²) in [6.07, 6.45) is 3.25. The molecule has 2 rings (SSSR count). The predicted molar refractivity (Wildman–Crippen MR) is 87.7 cm³/mol. The van der Waals surface area contributed by atoms with Crippen LogP contribution >= 0.6 is 0 Å². The van der Waals surface area contributed by atoms with Gasteiger partial charge in [-0.3, -0.25) is 4.90 Å². The van der Waals surface area contributed by atoms with Crippen molar-refractivity contribution < 1.29 is 19.0 Å². The van der Waals surface area contributed by atoms with E-state index in [1.807, 2.05) is 11.0 Å². The molecule has 1 heterocycles. The third-order valence-corrected chi connectivity index (χ3v) is 3.85. The van der Waals surface area contributed by atoms with Crippen LogP contribution in [0, 0.1) is 5.82 Å². The molecule has 4 nitrogen and oxygen atoms in total. The Morgan fingerprint density at radius 1 is 1.48 bits per heavy atom. The summed E-state index contributed by atoms with van der Waals surface area (Å²) < 4.78 is 24.9. The molecule has 1 N–H and O–H groups in total. The first-order valence-corrected chi connectivity index (χ1v) is 8.13. The highest BCUT2D eigenvalue weighted by molar-refractivity contribution is 5.17. The van der Waals surface area contributed by atoms with Gasteiger partial charge in [-0.25, -0.2) is 4.39 Å². The zero-order valence-electron chi connectivity index (χ0n) is 13.5. The second-order valence-electron chi connectivity index (χ2n) is 5.90. The van der Waals surface area contributed by atoms with E-state index >= 15 is 0 Å². The van der Waals surface area contributed by atoms with E-state index in [1.165, 1.54) is 6.07 Å². The summed E-state index contributed by atoms with van der Waals surface area (Å²) in [6, 6.07) is 6.75. The van der Waals surface area contributed by atoms with Crippen LogP contribution < -0.4 is 0 Å². The lowest BCUT2D eigenvalue weighted by atomic mass is 10.1. The van der Waals surface area contributed by atoms with Crippen LogP contribution in [-0.2, 0) is 16.0 Å². The van der Waals surface area contributed by atoms with Crippen molar-refractivity contribution in [3.8, 4) is 0 Å². The zero-order valence-corrected chi connectivity index (χ0v) is 13.5. The highest BCUT2D eigenvalue weighted by Gasteiger charge is 2.22. The minimum absolute atomic E-state index is 0.156. The molecule has 2 atom stereocenters. The maximum absolute atomic E-state index is 13.9. The van der Waals surface area contributed by atoms with Crippen molar-refractivity contribution in [3.05, 3.63) is 48.3 Å². The molecule has 1 fully saturated rings. The molecule has 1 aromatic rings. The number of ether oxygens (including phenoxy) is 2. The average Bonchev–Trinajstić information content (AvgIpc) is 3.03. The van der Waals surface area contributed by atoms with Gasteiger partial charge in [-0.15, -0.1) is 6.58 Å². The number of benzene rings is 1. The van der Waals surface area contributed by atoms with E-state index in [-0.39, 0.29) is 18.5 Å². The van der Waals surface area contributed by atoms with Gasteiger partial charge in [-0.1, -0.05) is 24.3 Å². The zero-order chi connectivity index (χ0) is 16.5. The fourth-order valence-corrected chi connectivity index (χ4v) is 2.79. The van der Waals surface area contributed by atoms with Crippen molar-refractivity contribution in [1.82, 2.24) is 4.90 Å². The van der Waals surface area contributed by atoms with Crippen LogP contribution in [0.4, 0.5) is 4.39 Å². The number of hydrogen-bond acceptors (Lipinski definition) is 4. The Balaban J connectivity index is 1.93. The summed E-state index contributed by atoms with van der Waals surface area (Å²) in [5, 5.41) is 10.1. The molecule has 23 heavy (non-hydrogen) atoms. The van der Waals surface area contributed by atoms with Crippen molar-refractivity contribution >= 4 is 0 Å². The molecule has 5 heteroatoms. The van der Waals surface area contributed by atoms with Crippen molar-refractivity contribution in [3.63, 3.8) is 0 Å². The van der Waals surface area contributed by atoms with Gasteiger partial charge in [0, 0.05) is 31.8 Å². The van der Waals surface area contributed by atoms with Gasteiger partial charge in [0.05, 0.1) is 25.4 Å². The number of rotatable bonds is 10. The highest BCUT2D eigenvalue weighted by atomic mass is 19.1. The first-order chi connectivity index (χ1) is 11.2. The smallest absolute Gasteiger partial charge is 0.127 e. The van der Waals surface area contributed by atoms with Gasteiger partial charge in [0.1, 0.15) is 5.82 Å². The number of aliphatic hydroxyl groups excluding tert-OH is 1. The van der Waals surface area contributed by atoms with Gasteiger partial charge in [-0.05, 0) is 18.9 Å². The van der Waals surface area contributed by atoms with Gasteiger partial charge in [-0.2, -0.15) is 0 Å². The largest absolute Gasteiger partial charge is 0.389 e. The van der Waals surface area contributed by atoms with E-state index in [4.69, 9.17) is 9.47 Å². The SMILES string of the molecule is C=CCOC[C@H](O)CN(Cc1ccccc1F)C[C@@H]1CCCO1. The average molecular weight is 323 g/mol. The van der Waals surface area contributed by atoms with Crippen LogP contribution in [0.25, 0.3) is 0 Å². The van der Waals surface area contributed by atoms with Crippen LogP contribution in [0.1, 0.15) is 18.4 Å². The summed E-state index contributed by atoms with van der Waals surface area (Å²) in [5.74, 6) is -0.220. The monoisotopic (exact) mass is 323 g/mol. The minimum atomic E-state index is -0.622. The minimum Gasteiger partial charge on any atom is -0.389 e. The molecule has 1 aliphatic rings. The van der Waals surface area contributed by atoms with Crippen LogP contribution in [0.3, 0.4) is 0 Å². The van der Waals surface area contributed by atoms with Crippen LogP contribution in [0.2, 0.25) is 0 Å². The second kappa shape index (κ2) is 9.78. The van der Waals surface area contributed by atoms with E-state index in [2.05, 4.69) is 6.58 Å². The van der Waals surface area contributed by atoms with Gasteiger partial charge in [0.25, 0.3) is 0 Å². The number of halogens is 1. The lowest BCUT2D eigenvalue weighted by molar-refractivity contribution is 0.00830. The summed E-state index contributed by atoms with van der Waals surface area (Å²) in [4.78, 5) is 2.04. The first-order valence-electron chi connectivity index (χ1n) is 8.13. The van der Waals surface area contributed by atoms with Crippen molar-refractivity contribution in [2.45, 2.75) is 31.6 Å². The Bertz CT molecular complexity index is 477. The van der Waals surface area contributed by atoms with Crippen LogP contribution in [-0.4, -0.2) is 55.1 Å². The lowest BCUT2D eigenvalue weighted by Gasteiger charge is -2.27. The molecule has 1 aliphatic heterocycles. The topological polar surface area (TPSA) is 41.9 Å². The van der Waals surface area contributed by atoms with Gasteiger partial charge < -0.3 is 14.6 Å². The predicted octanol–water partition coefficient (Wildman–Crippen LogP) is 2.37. The lowest BCUT2D eigenvalue weighted by Crippen LogP contribution is -2.39. The Morgan fingerprint density at radius 2 is 2.30 bits per heavy atom.